The molecule has 5 nitrogen and oxygen atoms in total. The number of nitrogens with zero attached hydrogens (tertiary/aromatic N) is 2. The molecule has 24 heavy (non-hydrogen) atoms. The van der Waals surface area contributed by atoms with Crippen LogP contribution in [0.15, 0.2) is 45.9 Å². The molecule has 2 aliphatic rings. The zero-order valence-corrected chi connectivity index (χ0v) is 15.0. The summed E-state index contributed by atoms with van der Waals surface area (Å²) in [5, 5.41) is 5.42. The average Bonchev–Trinajstić information content (AvgIpc) is 2.87. The van der Waals surface area contributed by atoms with Crippen LogP contribution in [0.4, 0.5) is 5.69 Å². The highest BCUT2D eigenvalue weighted by atomic mass is 15.5. The molecule has 5 heteroatoms. The van der Waals surface area contributed by atoms with E-state index in [1.54, 1.807) is 0 Å². The number of anilines is 1. The minimum Gasteiger partial charge on any atom is -0.385 e. The molecule has 1 heterocycles. The number of hydrogen-bond donors (Lipinski definition) is 3. The van der Waals surface area contributed by atoms with E-state index in [-0.39, 0.29) is 0 Å². The Hall–Kier alpha value is -2.27. The first-order chi connectivity index (χ1) is 11.5. The number of fused-ring (bicyclic) bond motifs is 1. The Morgan fingerprint density at radius 2 is 2.04 bits per heavy atom. The maximum Gasteiger partial charge on any atom is 0.0994 e. The normalized spacial score (nSPS) is 18.1. The molecule has 0 saturated heterocycles. The maximum atomic E-state index is 6.17. The summed E-state index contributed by atoms with van der Waals surface area (Å²) in [5.74, 6) is 0.813. The van der Waals surface area contributed by atoms with Crippen molar-refractivity contribution in [1.82, 2.24) is 10.7 Å². The van der Waals surface area contributed by atoms with E-state index in [4.69, 9.17) is 5.73 Å². The van der Waals surface area contributed by atoms with Gasteiger partial charge in [-0.3, -0.25) is 4.99 Å². The minimum atomic E-state index is 0.813. The van der Waals surface area contributed by atoms with Crippen LogP contribution in [0.1, 0.15) is 44.2 Å². The maximum absolute atomic E-state index is 6.17. The van der Waals surface area contributed by atoms with E-state index in [9.17, 15) is 0 Å². The highest BCUT2D eigenvalue weighted by Crippen LogP contribution is 2.28. The Labute approximate surface area is 144 Å². The van der Waals surface area contributed by atoms with Gasteiger partial charge in [-0.2, -0.15) is 0 Å². The SMILES string of the molecule is CN=C(/C(C)=C(\C)NC(N)=C1CCC1)c1ccc2c(c1)CNN2C. The van der Waals surface area contributed by atoms with E-state index in [0.717, 1.165) is 47.8 Å². The predicted molar refractivity (Wildman–Crippen MR) is 101 cm³/mol. The molecule has 0 unspecified atom stereocenters. The molecule has 0 aromatic heterocycles. The number of allylic oxidation sites excluding steroid dienone is 3. The van der Waals surface area contributed by atoms with Crippen LogP contribution < -0.4 is 21.5 Å². The van der Waals surface area contributed by atoms with Gasteiger partial charge < -0.3 is 16.1 Å². The van der Waals surface area contributed by atoms with Crippen molar-refractivity contribution in [1.29, 1.82) is 0 Å². The number of hydrogen-bond acceptors (Lipinski definition) is 5. The largest absolute Gasteiger partial charge is 0.385 e. The summed E-state index contributed by atoms with van der Waals surface area (Å²) in [5.41, 5.74) is 17.7. The van der Waals surface area contributed by atoms with Gasteiger partial charge in [-0.15, -0.1) is 0 Å². The molecule has 128 valence electrons. The minimum absolute atomic E-state index is 0.813. The van der Waals surface area contributed by atoms with Crippen LogP contribution in [0.5, 0.6) is 0 Å². The van der Waals surface area contributed by atoms with Crippen molar-refractivity contribution >= 4 is 11.4 Å². The van der Waals surface area contributed by atoms with Gasteiger partial charge in [-0.25, -0.2) is 5.43 Å². The highest BCUT2D eigenvalue weighted by Gasteiger charge is 2.18. The van der Waals surface area contributed by atoms with E-state index in [1.807, 2.05) is 14.1 Å². The third kappa shape index (κ3) is 3.04. The summed E-state index contributed by atoms with van der Waals surface area (Å²) < 4.78 is 0. The van der Waals surface area contributed by atoms with Gasteiger partial charge in [-0.1, -0.05) is 6.07 Å². The number of nitrogens with one attached hydrogen (secondary N) is 2. The monoisotopic (exact) mass is 325 g/mol. The first-order valence-electron chi connectivity index (χ1n) is 8.51. The molecule has 1 saturated carbocycles. The molecule has 0 atom stereocenters. The standard InChI is InChI=1S/C19H27N5/c1-12(13(2)23-19(20)14-6-5-7-14)18(21-3)15-8-9-17-16(10-15)11-22-24(17)4/h8-10,22-23H,5-7,11,20H2,1-4H3/b13-12+,21-18?. The second-order valence-corrected chi connectivity index (χ2v) is 6.56. The van der Waals surface area contributed by atoms with Crippen LogP contribution in [-0.4, -0.2) is 19.8 Å². The molecule has 0 amide bonds. The zero-order chi connectivity index (χ0) is 17.3. The first kappa shape index (κ1) is 16.6. The van der Waals surface area contributed by atoms with Crippen molar-refractivity contribution in [2.45, 2.75) is 39.7 Å². The van der Waals surface area contributed by atoms with Crippen molar-refractivity contribution in [3.63, 3.8) is 0 Å². The lowest BCUT2D eigenvalue weighted by atomic mass is 9.92. The third-order valence-corrected chi connectivity index (χ3v) is 5.02. The fourth-order valence-electron chi connectivity index (χ4n) is 3.19. The molecule has 1 aliphatic carbocycles. The summed E-state index contributed by atoms with van der Waals surface area (Å²) in [4.78, 5) is 4.54. The number of hydrazine groups is 1. The van der Waals surface area contributed by atoms with Crippen LogP contribution in [0.25, 0.3) is 0 Å². The summed E-state index contributed by atoms with van der Waals surface area (Å²) in [6.07, 6.45) is 3.48. The topological polar surface area (TPSA) is 65.7 Å². The van der Waals surface area contributed by atoms with Crippen molar-refractivity contribution in [3.05, 3.63) is 52.0 Å². The van der Waals surface area contributed by atoms with Crippen molar-refractivity contribution < 1.29 is 0 Å². The molecule has 3 rings (SSSR count). The fourth-order valence-corrected chi connectivity index (χ4v) is 3.19. The van der Waals surface area contributed by atoms with Gasteiger partial charge in [0.05, 0.1) is 17.2 Å². The van der Waals surface area contributed by atoms with Crippen LogP contribution in [-0.2, 0) is 6.54 Å². The van der Waals surface area contributed by atoms with Gasteiger partial charge in [0, 0.05) is 31.9 Å². The molecule has 1 aliphatic heterocycles. The van der Waals surface area contributed by atoms with E-state index >= 15 is 0 Å². The summed E-state index contributed by atoms with van der Waals surface area (Å²) in [7, 11) is 3.88. The van der Waals surface area contributed by atoms with Gasteiger partial charge in [0.1, 0.15) is 0 Å². The van der Waals surface area contributed by atoms with Crippen LogP contribution in [0.3, 0.4) is 0 Å². The lowest BCUT2D eigenvalue weighted by molar-refractivity contribution is 0.635. The van der Waals surface area contributed by atoms with Crippen LogP contribution >= 0.6 is 0 Å². The molecule has 1 aromatic rings. The Kier molecular flexibility index (Phi) is 4.62. The quantitative estimate of drug-likeness (QED) is 0.745. The number of rotatable bonds is 4. The summed E-state index contributed by atoms with van der Waals surface area (Å²) in [6.45, 7) is 5.02. The Morgan fingerprint density at radius 1 is 1.29 bits per heavy atom. The first-order valence-corrected chi connectivity index (χ1v) is 8.51. The molecule has 1 fully saturated rings. The Balaban J connectivity index is 1.87. The van der Waals surface area contributed by atoms with Crippen LogP contribution in [0, 0.1) is 0 Å². The molecule has 0 radical (unpaired) electrons. The second kappa shape index (κ2) is 6.69. The third-order valence-electron chi connectivity index (χ3n) is 5.02. The molecule has 1 aromatic carbocycles. The molecule has 0 bridgehead atoms. The summed E-state index contributed by atoms with van der Waals surface area (Å²) >= 11 is 0. The Bertz CT molecular complexity index is 736. The second-order valence-electron chi connectivity index (χ2n) is 6.56. The fraction of sp³-hybridized carbons (Fsp3) is 0.421. The van der Waals surface area contributed by atoms with E-state index < -0.39 is 0 Å². The average molecular weight is 325 g/mol. The van der Waals surface area contributed by atoms with Gasteiger partial charge in [-0.05, 0) is 62.0 Å². The van der Waals surface area contributed by atoms with Gasteiger partial charge in [0.15, 0.2) is 0 Å². The molecular weight excluding hydrogens is 298 g/mol. The highest BCUT2D eigenvalue weighted by molar-refractivity contribution is 6.12. The predicted octanol–water partition coefficient (Wildman–Crippen LogP) is 2.80. The van der Waals surface area contributed by atoms with Crippen molar-refractivity contribution in [2.75, 3.05) is 19.1 Å². The van der Waals surface area contributed by atoms with Crippen molar-refractivity contribution in [2.24, 2.45) is 10.7 Å². The molecule has 4 N–H and O–H groups in total. The lowest BCUT2D eigenvalue weighted by Gasteiger charge is -2.21. The van der Waals surface area contributed by atoms with Gasteiger partial charge in [0.25, 0.3) is 0 Å². The number of benzene rings is 1. The number of aliphatic imine (C=N–C) groups is 1. The Morgan fingerprint density at radius 3 is 2.67 bits per heavy atom. The lowest BCUT2D eigenvalue weighted by Crippen LogP contribution is -2.26. The molecular formula is C19H27N5. The van der Waals surface area contributed by atoms with Gasteiger partial charge in [0.2, 0.25) is 0 Å². The molecule has 0 spiro atoms. The number of nitrogens with two attached hydrogens (primary N) is 1. The van der Waals surface area contributed by atoms with Crippen LogP contribution in [0.2, 0.25) is 0 Å². The van der Waals surface area contributed by atoms with E-state index in [1.165, 1.54) is 23.2 Å². The summed E-state index contributed by atoms with van der Waals surface area (Å²) in [6, 6.07) is 6.50. The van der Waals surface area contributed by atoms with E-state index in [0.29, 0.717) is 0 Å². The van der Waals surface area contributed by atoms with E-state index in [2.05, 4.69) is 52.8 Å². The van der Waals surface area contributed by atoms with Gasteiger partial charge >= 0.3 is 0 Å². The smallest absolute Gasteiger partial charge is 0.0994 e. The zero-order valence-electron chi connectivity index (χ0n) is 15.0. The van der Waals surface area contributed by atoms with Crippen molar-refractivity contribution in [3.8, 4) is 0 Å².